The van der Waals surface area contributed by atoms with Crippen LogP contribution >= 0.6 is 0 Å². The minimum atomic E-state index is -0.378. The summed E-state index contributed by atoms with van der Waals surface area (Å²) in [6.07, 6.45) is 6.48. The average molecular weight is 212 g/mol. The van der Waals surface area contributed by atoms with E-state index in [1.54, 1.807) is 6.92 Å². The van der Waals surface area contributed by atoms with Crippen LogP contribution in [-0.4, -0.2) is 18.5 Å². The first-order chi connectivity index (χ1) is 7.13. The van der Waals surface area contributed by atoms with Crippen molar-refractivity contribution in [2.24, 2.45) is 17.6 Å². The zero-order valence-electron chi connectivity index (χ0n) is 9.96. The Morgan fingerprint density at radius 2 is 1.87 bits per heavy atom. The fraction of sp³-hybridized carbons (Fsp3) is 0.917. The molecule has 3 N–H and O–H groups in total. The molecule has 1 unspecified atom stereocenters. The van der Waals surface area contributed by atoms with E-state index in [2.05, 4.69) is 12.2 Å². The quantitative estimate of drug-likeness (QED) is 0.744. The third kappa shape index (κ3) is 4.20. The third-order valence-electron chi connectivity index (χ3n) is 3.52. The molecular weight excluding hydrogens is 188 g/mol. The van der Waals surface area contributed by atoms with Crippen molar-refractivity contribution < 1.29 is 4.79 Å². The molecule has 0 heterocycles. The molecule has 0 aromatic heterocycles. The Labute approximate surface area is 92.8 Å². The number of amides is 1. The van der Waals surface area contributed by atoms with Crippen molar-refractivity contribution in [2.45, 2.75) is 52.0 Å². The zero-order chi connectivity index (χ0) is 11.3. The van der Waals surface area contributed by atoms with E-state index < -0.39 is 0 Å². The van der Waals surface area contributed by atoms with Gasteiger partial charge < -0.3 is 11.1 Å². The smallest absolute Gasteiger partial charge is 0.236 e. The SMILES string of the molecule is CCC1CCC(CNC(=O)C(C)N)CC1. The molecule has 15 heavy (non-hydrogen) atoms. The molecule has 1 aliphatic carbocycles. The summed E-state index contributed by atoms with van der Waals surface area (Å²) in [6.45, 7) is 4.81. The molecule has 1 fully saturated rings. The van der Waals surface area contributed by atoms with Crippen LogP contribution in [0, 0.1) is 11.8 Å². The highest BCUT2D eigenvalue weighted by Gasteiger charge is 2.20. The summed E-state index contributed by atoms with van der Waals surface area (Å²) in [4.78, 5) is 11.3. The Balaban J connectivity index is 2.16. The maximum absolute atomic E-state index is 11.3. The number of hydrogen-bond donors (Lipinski definition) is 2. The van der Waals surface area contributed by atoms with Gasteiger partial charge in [-0.2, -0.15) is 0 Å². The highest BCUT2D eigenvalue weighted by atomic mass is 16.2. The van der Waals surface area contributed by atoms with E-state index in [4.69, 9.17) is 5.73 Å². The van der Waals surface area contributed by atoms with Crippen molar-refractivity contribution in [1.82, 2.24) is 5.32 Å². The molecule has 1 rings (SSSR count). The van der Waals surface area contributed by atoms with Crippen molar-refractivity contribution in [1.29, 1.82) is 0 Å². The first-order valence-electron chi connectivity index (χ1n) is 6.16. The van der Waals surface area contributed by atoms with Crippen molar-refractivity contribution in [3.8, 4) is 0 Å². The van der Waals surface area contributed by atoms with Crippen molar-refractivity contribution >= 4 is 5.91 Å². The normalized spacial score (nSPS) is 28.5. The van der Waals surface area contributed by atoms with Crippen LogP contribution in [0.25, 0.3) is 0 Å². The maximum Gasteiger partial charge on any atom is 0.236 e. The Morgan fingerprint density at radius 3 is 2.33 bits per heavy atom. The molecule has 0 bridgehead atoms. The minimum Gasteiger partial charge on any atom is -0.354 e. The molecular formula is C12H24N2O. The Kier molecular flexibility index (Phi) is 5.09. The summed E-state index contributed by atoms with van der Waals surface area (Å²) in [6, 6.07) is -0.378. The van der Waals surface area contributed by atoms with E-state index in [1.165, 1.54) is 32.1 Å². The van der Waals surface area contributed by atoms with E-state index in [0.717, 1.165) is 12.5 Å². The molecule has 0 aromatic rings. The number of rotatable bonds is 4. The van der Waals surface area contributed by atoms with Gasteiger partial charge in [0.25, 0.3) is 0 Å². The van der Waals surface area contributed by atoms with Gasteiger partial charge >= 0.3 is 0 Å². The summed E-state index contributed by atoms with van der Waals surface area (Å²) in [5.74, 6) is 1.58. The first-order valence-corrected chi connectivity index (χ1v) is 6.16. The second kappa shape index (κ2) is 6.11. The molecule has 1 saturated carbocycles. The molecule has 0 aromatic carbocycles. The number of nitrogens with one attached hydrogen (secondary N) is 1. The molecule has 3 nitrogen and oxygen atoms in total. The summed E-state index contributed by atoms with van der Waals surface area (Å²) >= 11 is 0. The average Bonchev–Trinajstić information content (AvgIpc) is 2.26. The van der Waals surface area contributed by atoms with Crippen LogP contribution in [0.1, 0.15) is 46.0 Å². The fourth-order valence-corrected chi connectivity index (χ4v) is 2.25. The van der Waals surface area contributed by atoms with Crippen LogP contribution in [0.2, 0.25) is 0 Å². The third-order valence-corrected chi connectivity index (χ3v) is 3.52. The van der Waals surface area contributed by atoms with Crippen LogP contribution in [0.4, 0.5) is 0 Å². The Hall–Kier alpha value is -0.570. The fourth-order valence-electron chi connectivity index (χ4n) is 2.25. The Morgan fingerprint density at radius 1 is 1.33 bits per heavy atom. The topological polar surface area (TPSA) is 55.1 Å². The molecule has 3 heteroatoms. The van der Waals surface area contributed by atoms with Crippen LogP contribution in [0.3, 0.4) is 0 Å². The molecule has 1 atom stereocenters. The molecule has 0 spiro atoms. The first kappa shape index (κ1) is 12.5. The van der Waals surface area contributed by atoms with Crippen LogP contribution in [-0.2, 0) is 4.79 Å². The van der Waals surface area contributed by atoms with Crippen molar-refractivity contribution in [3.05, 3.63) is 0 Å². The van der Waals surface area contributed by atoms with Gasteiger partial charge in [-0.1, -0.05) is 26.2 Å². The molecule has 1 aliphatic rings. The lowest BCUT2D eigenvalue weighted by Gasteiger charge is -2.28. The lowest BCUT2D eigenvalue weighted by Crippen LogP contribution is -2.41. The molecule has 0 saturated heterocycles. The van der Waals surface area contributed by atoms with Crippen LogP contribution in [0.5, 0.6) is 0 Å². The standard InChI is InChI=1S/C12H24N2O/c1-3-10-4-6-11(7-5-10)8-14-12(15)9(2)13/h9-11H,3-8,13H2,1-2H3,(H,14,15). The zero-order valence-corrected chi connectivity index (χ0v) is 9.96. The Bertz CT molecular complexity index is 196. The largest absolute Gasteiger partial charge is 0.354 e. The van der Waals surface area contributed by atoms with Gasteiger partial charge in [0.05, 0.1) is 6.04 Å². The summed E-state index contributed by atoms with van der Waals surface area (Å²) in [5, 5.41) is 2.92. The van der Waals surface area contributed by atoms with Gasteiger partial charge in [0.15, 0.2) is 0 Å². The van der Waals surface area contributed by atoms with Crippen LogP contribution < -0.4 is 11.1 Å². The highest BCUT2D eigenvalue weighted by Crippen LogP contribution is 2.29. The van der Waals surface area contributed by atoms with E-state index >= 15 is 0 Å². The number of hydrogen-bond acceptors (Lipinski definition) is 2. The second-order valence-electron chi connectivity index (χ2n) is 4.83. The van der Waals surface area contributed by atoms with Crippen molar-refractivity contribution in [3.63, 3.8) is 0 Å². The number of nitrogens with two attached hydrogens (primary N) is 1. The van der Waals surface area contributed by atoms with E-state index in [1.807, 2.05) is 0 Å². The van der Waals surface area contributed by atoms with E-state index in [-0.39, 0.29) is 11.9 Å². The van der Waals surface area contributed by atoms with Gasteiger partial charge in [0.2, 0.25) is 5.91 Å². The summed E-state index contributed by atoms with van der Waals surface area (Å²) in [7, 11) is 0. The predicted molar refractivity (Wildman–Crippen MR) is 62.4 cm³/mol. The number of carbonyl (C=O) groups is 1. The molecule has 88 valence electrons. The number of carbonyl (C=O) groups excluding carboxylic acids is 1. The summed E-state index contributed by atoms with van der Waals surface area (Å²) < 4.78 is 0. The summed E-state index contributed by atoms with van der Waals surface area (Å²) in [5.41, 5.74) is 5.48. The minimum absolute atomic E-state index is 0.0207. The van der Waals surface area contributed by atoms with Gasteiger partial charge in [0.1, 0.15) is 0 Å². The van der Waals surface area contributed by atoms with Gasteiger partial charge in [-0.25, -0.2) is 0 Å². The lowest BCUT2D eigenvalue weighted by atomic mass is 9.81. The van der Waals surface area contributed by atoms with Gasteiger partial charge in [0, 0.05) is 6.54 Å². The van der Waals surface area contributed by atoms with Gasteiger partial charge in [-0.3, -0.25) is 4.79 Å². The van der Waals surface area contributed by atoms with E-state index in [0.29, 0.717) is 5.92 Å². The monoisotopic (exact) mass is 212 g/mol. The lowest BCUT2D eigenvalue weighted by molar-refractivity contribution is -0.122. The highest BCUT2D eigenvalue weighted by molar-refractivity contribution is 5.80. The second-order valence-corrected chi connectivity index (χ2v) is 4.83. The molecule has 0 aliphatic heterocycles. The van der Waals surface area contributed by atoms with Gasteiger partial charge in [-0.15, -0.1) is 0 Å². The maximum atomic E-state index is 11.3. The van der Waals surface area contributed by atoms with Crippen molar-refractivity contribution in [2.75, 3.05) is 6.54 Å². The van der Waals surface area contributed by atoms with E-state index in [9.17, 15) is 4.79 Å². The van der Waals surface area contributed by atoms with Crippen LogP contribution in [0.15, 0.2) is 0 Å². The van der Waals surface area contributed by atoms with Gasteiger partial charge in [-0.05, 0) is 31.6 Å². The molecule has 0 radical (unpaired) electrons. The molecule has 1 amide bonds. The predicted octanol–water partition coefficient (Wildman–Crippen LogP) is 1.67.